The first-order valence-corrected chi connectivity index (χ1v) is 4.10. The molecule has 0 aliphatic heterocycles. The third kappa shape index (κ3) is 1.85. The summed E-state index contributed by atoms with van der Waals surface area (Å²) in [5, 5.41) is 16.8. The van der Waals surface area contributed by atoms with Crippen LogP contribution in [0.5, 0.6) is 0 Å². The second-order valence-corrected chi connectivity index (χ2v) is 2.89. The van der Waals surface area contributed by atoms with Gasteiger partial charge in [0.05, 0.1) is 0 Å². The zero-order valence-electron chi connectivity index (χ0n) is 7.73. The lowest BCUT2D eigenvalue weighted by molar-refractivity contribution is 0.0683. The fourth-order valence-corrected chi connectivity index (χ4v) is 1.20. The summed E-state index contributed by atoms with van der Waals surface area (Å²) in [5.74, 6) is -9.66. The monoisotopic (exact) mass is 238 g/mol. The number of rotatable bonds is 3. The Morgan fingerprint density at radius 1 is 1.00 bits per heavy atom. The van der Waals surface area contributed by atoms with Crippen molar-refractivity contribution in [2.24, 2.45) is 0 Å². The van der Waals surface area contributed by atoms with E-state index < -0.39 is 53.4 Å². The maximum atomic E-state index is 13.1. The van der Waals surface area contributed by atoms with Gasteiger partial charge in [-0.1, -0.05) is 0 Å². The van der Waals surface area contributed by atoms with Crippen LogP contribution in [-0.4, -0.2) is 22.8 Å². The molecule has 7 heteroatoms. The van der Waals surface area contributed by atoms with Gasteiger partial charge in [0.2, 0.25) is 0 Å². The highest BCUT2D eigenvalue weighted by molar-refractivity contribution is 5.88. The van der Waals surface area contributed by atoms with Gasteiger partial charge in [0.15, 0.2) is 23.3 Å². The number of aliphatic hydroxyl groups excluding tert-OH is 1. The summed E-state index contributed by atoms with van der Waals surface area (Å²) in [6, 6.07) is 0. The minimum atomic E-state index is -2.11. The van der Waals surface area contributed by atoms with E-state index in [-0.39, 0.29) is 0 Å². The van der Waals surface area contributed by atoms with E-state index in [1.807, 2.05) is 0 Å². The number of benzene rings is 1. The van der Waals surface area contributed by atoms with Crippen LogP contribution in [0, 0.1) is 23.3 Å². The van der Waals surface area contributed by atoms with Gasteiger partial charge in [-0.25, -0.2) is 22.4 Å². The minimum absolute atomic E-state index is 0.647. The van der Waals surface area contributed by atoms with Gasteiger partial charge < -0.3 is 10.2 Å². The highest BCUT2D eigenvalue weighted by Gasteiger charge is 2.28. The molecule has 1 rings (SSSR count). The zero-order valence-corrected chi connectivity index (χ0v) is 7.73. The molecule has 2 N–H and O–H groups in total. The van der Waals surface area contributed by atoms with Crippen molar-refractivity contribution < 1.29 is 32.6 Å². The summed E-state index contributed by atoms with van der Waals surface area (Å²) in [5.41, 5.74) is -2.70. The standard InChI is InChI=1S/C9H6F4O3/c10-5-3(1-2-14)6(11)8(13)4(7(5)12)9(15)16/h14H,1-2H2,(H,15,16). The second kappa shape index (κ2) is 4.48. The number of hydrogen-bond donors (Lipinski definition) is 2. The van der Waals surface area contributed by atoms with E-state index >= 15 is 0 Å². The van der Waals surface area contributed by atoms with Crippen LogP contribution in [0.1, 0.15) is 15.9 Å². The SMILES string of the molecule is O=C(O)c1c(F)c(F)c(CCO)c(F)c1F. The molecule has 1 aromatic rings. The molecular formula is C9H6F4O3. The van der Waals surface area contributed by atoms with Crippen molar-refractivity contribution in [1.29, 1.82) is 0 Å². The molecule has 0 bridgehead atoms. The molecule has 0 unspecified atom stereocenters. The van der Waals surface area contributed by atoms with Crippen LogP contribution in [0.4, 0.5) is 17.6 Å². The molecule has 0 aliphatic carbocycles. The summed E-state index contributed by atoms with van der Waals surface area (Å²) in [6.07, 6.45) is -0.647. The Hall–Kier alpha value is -1.63. The molecule has 0 aromatic heterocycles. The van der Waals surface area contributed by atoms with Crippen LogP contribution in [0.2, 0.25) is 0 Å². The van der Waals surface area contributed by atoms with Crippen molar-refractivity contribution in [3.63, 3.8) is 0 Å². The van der Waals surface area contributed by atoms with Crippen LogP contribution in [0.25, 0.3) is 0 Å². The fraction of sp³-hybridized carbons (Fsp3) is 0.222. The Balaban J connectivity index is 3.56. The van der Waals surface area contributed by atoms with E-state index in [2.05, 4.69) is 0 Å². The average Bonchev–Trinajstić information content (AvgIpc) is 2.21. The first-order valence-electron chi connectivity index (χ1n) is 4.10. The average molecular weight is 238 g/mol. The molecule has 0 saturated carbocycles. The Morgan fingerprint density at radius 2 is 1.44 bits per heavy atom. The lowest BCUT2D eigenvalue weighted by Crippen LogP contribution is -2.13. The molecule has 0 atom stereocenters. The Kier molecular flexibility index (Phi) is 3.48. The molecule has 3 nitrogen and oxygen atoms in total. The third-order valence-electron chi connectivity index (χ3n) is 1.93. The zero-order chi connectivity index (χ0) is 12.5. The van der Waals surface area contributed by atoms with Crippen molar-refractivity contribution in [1.82, 2.24) is 0 Å². The third-order valence-corrected chi connectivity index (χ3v) is 1.93. The number of hydrogen-bond acceptors (Lipinski definition) is 2. The van der Waals surface area contributed by atoms with Gasteiger partial charge in [-0.05, 0) is 0 Å². The summed E-state index contributed by atoms with van der Waals surface area (Å²) in [4.78, 5) is 10.4. The maximum Gasteiger partial charge on any atom is 0.341 e. The summed E-state index contributed by atoms with van der Waals surface area (Å²) < 4.78 is 52.3. The molecule has 0 saturated heterocycles. The molecule has 0 fully saturated rings. The van der Waals surface area contributed by atoms with Gasteiger partial charge in [0.1, 0.15) is 5.56 Å². The summed E-state index contributed by atoms with van der Waals surface area (Å²) >= 11 is 0. The molecule has 1 aromatic carbocycles. The molecule has 16 heavy (non-hydrogen) atoms. The Labute approximate surface area is 86.9 Å². The molecule has 0 aliphatic rings. The Bertz CT molecular complexity index is 416. The highest BCUT2D eigenvalue weighted by atomic mass is 19.2. The van der Waals surface area contributed by atoms with Gasteiger partial charge in [-0.15, -0.1) is 0 Å². The van der Waals surface area contributed by atoms with E-state index in [0.717, 1.165) is 0 Å². The van der Waals surface area contributed by atoms with E-state index in [0.29, 0.717) is 0 Å². The number of carboxylic acid groups (broad SMARTS) is 1. The van der Waals surface area contributed by atoms with Crippen molar-refractivity contribution >= 4 is 5.97 Å². The lowest BCUT2D eigenvalue weighted by Gasteiger charge is -2.08. The topological polar surface area (TPSA) is 57.5 Å². The lowest BCUT2D eigenvalue weighted by atomic mass is 10.1. The van der Waals surface area contributed by atoms with Gasteiger partial charge in [-0.3, -0.25) is 0 Å². The largest absolute Gasteiger partial charge is 0.477 e. The van der Waals surface area contributed by atoms with Crippen LogP contribution < -0.4 is 0 Å². The minimum Gasteiger partial charge on any atom is -0.477 e. The number of halogens is 4. The van der Waals surface area contributed by atoms with Crippen molar-refractivity contribution in [2.45, 2.75) is 6.42 Å². The number of aromatic carboxylic acids is 1. The number of aliphatic hydroxyl groups is 1. The van der Waals surface area contributed by atoms with E-state index in [4.69, 9.17) is 10.2 Å². The molecule has 0 radical (unpaired) electrons. The molecule has 88 valence electrons. The predicted octanol–water partition coefficient (Wildman–Crippen LogP) is 1.48. The quantitative estimate of drug-likeness (QED) is 0.619. The summed E-state index contributed by atoms with van der Waals surface area (Å²) in [6.45, 7) is -0.723. The summed E-state index contributed by atoms with van der Waals surface area (Å²) in [7, 11) is 0. The number of carbonyl (C=O) groups is 1. The normalized spacial score (nSPS) is 10.6. The first-order chi connectivity index (χ1) is 7.41. The van der Waals surface area contributed by atoms with E-state index in [9.17, 15) is 22.4 Å². The van der Waals surface area contributed by atoms with Crippen LogP contribution in [0.3, 0.4) is 0 Å². The molecular weight excluding hydrogens is 232 g/mol. The smallest absolute Gasteiger partial charge is 0.341 e. The van der Waals surface area contributed by atoms with Crippen molar-refractivity contribution in [2.75, 3.05) is 6.61 Å². The van der Waals surface area contributed by atoms with Crippen LogP contribution in [-0.2, 0) is 6.42 Å². The first kappa shape index (κ1) is 12.4. The Morgan fingerprint density at radius 3 is 1.75 bits per heavy atom. The predicted molar refractivity (Wildman–Crippen MR) is 44.0 cm³/mol. The van der Waals surface area contributed by atoms with Gasteiger partial charge >= 0.3 is 5.97 Å². The van der Waals surface area contributed by atoms with E-state index in [1.165, 1.54) is 0 Å². The van der Waals surface area contributed by atoms with E-state index in [1.54, 1.807) is 0 Å². The molecule has 0 spiro atoms. The molecule has 0 heterocycles. The maximum absolute atomic E-state index is 13.1. The second-order valence-electron chi connectivity index (χ2n) is 2.89. The molecule has 0 amide bonds. The van der Waals surface area contributed by atoms with Crippen molar-refractivity contribution in [3.05, 3.63) is 34.4 Å². The van der Waals surface area contributed by atoms with Gasteiger partial charge in [-0.2, -0.15) is 0 Å². The van der Waals surface area contributed by atoms with Gasteiger partial charge in [0.25, 0.3) is 0 Å². The fourth-order valence-electron chi connectivity index (χ4n) is 1.20. The number of carboxylic acids is 1. The highest BCUT2D eigenvalue weighted by Crippen LogP contribution is 2.24. The van der Waals surface area contributed by atoms with Crippen molar-refractivity contribution in [3.8, 4) is 0 Å². The van der Waals surface area contributed by atoms with Crippen LogP contribution in [0.15, 0.2) is 0 Å². The van der Waals surface area contributed by atoms with Crippen LogP contribution >= 0.6 is 0 Å². The van der Waals surface area contributed by atoms with Gasteiger partial charge in [0, 0.05) is 18.6 Å².